The molecule has 1 aliphatic rings. The molecule has 2 N–H and O–H groups in total. The van der Waals surface area contributed by atoms with E-state index in [0.717, 1.165) is 5.56 Å². The SMILES string of the molecule is CSCC[C@@H](NS(=O)(=O)c1ccc2c(c1)OCCO2)C(=O)NCCc1ccc(Cl)cc1. The standard InChI is InChI=1S/C21H25ClN2O5S2/c1-30-13-9-18(21(25)23-10-8-15-2-4-16(22)5-3-15)24-31(26,27)17-6-7-19-20(14-17)29-12-11-28-19/h2-7,14,18,24H,8-13H2,1H3,(H,23,25)/t18-/m1/s1. The highest BCUT2D eigenvalue weighted by Crippen LogP contribution is 2.32. The van der Waals surface area contributed by atoms with Crippen LogP contribution in [-0.2, 0) is 21.2 Å². The fraction of sp³-hybridized carbons (Fsp3) is 0.381. The monoisotopic (exact) mass is 484 g/mol. The summed E-state index contributed by atoms with van der Waals surface area (Å²) in [5, 5.41) is 3.48. The Hall–Kier alpha value is -1.94. The van der Waals surface area contributed by atoms with Crippen LogP contribution in [0.15, 0.2) is 47.4 Å². The molecule has 0 aliphatic carbocycles. The molecule has 0 saturated heterocycles. The van der Waals surface area contributed by atoms with Gasteiger partial charge in [-0.05, 0) is 54.7 Å². The maximum Gasteiger partial charge on any atom is 0.241 e. The highest BCUT2D eigenvalue weighted by Gasteiger charge is 2.26. The molecule has 2 aromatic rings. The minimum atomic E-state index is -3.92. The summed E-state index contributed by atoms with van der Waals surface area (Å²) in [7, 11) is -3.92. The lowest BCUT2D eigenvalue weighted by Crippen LogP contribution is -2.47. The zero-order valence-electron chi connectivity index (χ0n) is 17.1. The number of ether oxygens (including phenoxy) is 2. The summed E-state index contributed by atoms with van der Waals surface area (Å²) in [5.74, 6) is 1.16. The molecular weight excluding hydrogens is 460 g/mol. The van der Waals surface area contributed by atoms with Crippen molar-refractivity contribution in [1.29, 1.82) is 0 Å². The van der Waals surface area contributed by atoms with Gasteiger partial charge in [-0.25, -0.2) is 8.42 Å². The summed E-state index contributed by atoms with van der Waals surface area (Å²) in [6.07, 6.45) is 2.90. The molecule has 2 aromatic carbocycles. The smallest absolute Gasteiger partial charge is 0.241 e. The molecule has 0 bridgehead atoms. The molecular formula is C21H25ClN2O5S2. The average Bonchev–Trinajstić information content (AvgIpc) is 2.77. The topological polar surface area (TPSA) is 93.7 Å². The zero-order valence-corrected chi connectivity index (χ0v) is 19.5. The summed E-state index contributed by atoms with van der Waals surface area (Å²) in [5.41, 5.74) is 1.03. The van der Waals surface area contributed by atoms with Crippen molar-refractivity contribution in [3.05, 3.63) is 53.1 Å². The number of sulfonamides is 1. The van der Waals surface area contributed by atoms with E-state index >= 15 is 0 Å². The van der Waals surface area contributed by atoms with Gasteiger partial charge in [0.25, 0.3) is 0 Å². The minimum absolute atomic E-state index is 0.0277. The van der Waals surface area contributed by atoms with Crippen LogP contribution in [0.2, 0.25) is 5.02 Å². The third-order valence-corrected chi connectivity index (χ3v) is 7.04. The highest BCUT2D eigenvalue weighted by atomic mass is 35.5. The largest absolute Gasteiger partial charge is 0.486 e. The van der Waals surface area contributed by atoms with E-state index in [1.807, 2.05) is 18.4 Å². The lowest BCUT2D eigenvalue weighted by Gasteiger charge is -2.21. The van der Waals surface area contributed by atoms with E-state index < -0.39 is 16.1 Å². The molecule has 7 nitrogen and oxygen atoms in total. The third-order valence-electron chi connectivity index (χ3n) is 4.67. The molecule has 0 spiro atoms. The maximum absolute atomic E-state index is 12.9. The number of hydrogen-bond acceptors (Lipinski definition) is 6. The highest BCUT2D eigenvalue weighted by molar-refractivity contribution is 7.98. The van der Waals surface area contributed by atoms with Gasteiger partial charge in [-0.1, -0.05) is 23.7 Å². The van der Waals surface area contributed by atoms with Crippen LogP contribution in [0.5, 0.6) is 11.5 Å². The first kappa shape index (κ1) is 23.7. The molecule has 0 saturated carbocycles. The van der Waals surface area contributed by atoms with E-state index in [-0.39, 0.29) is 10.8 Å². The van der Waals surface area contributed by atoms with E-state index in [2.05, 4.69) is 10.0 Å². The maximum atomic E-state index is 12.9. The Morgan fingerprint density at radius 2 is 1.84 bits per heavy atom. The first-order valence-electron chi connectivity index (χ1n) is 9.82. The molecule has 0 fully saturated rings. The van der Waals surface area contributed by atoms with Gasteiger partial charge in [0.05, 0.1) is 4.90 Å². The van der Waals surface area contributed by atoms with Crippen LogP contribution in [0.25, 0.3) is 0 Å². The number of thioether (sulfide) groups is 1. The second-order valence-electron chi connectivity index (χ2n) is 6.93. The number of halogens is 1. The number of carbonyl (C=O) groups excluding carboxylic acids is 1. The number of rotatable bonds is 10. The van der Waals surface area contributed by atoms with Crippen LogP contribution in [0.3, 0.4) is 0 Å². The van der Waals surface area contributed by atoms with Crippen LogP contribution in [-0.4, -0.2) is 52.1 Å². The summed E-state index contributed by atoms with van der Waals surface area (Å²) in [6, 6.07) is 10.9. The van der Waals surface area contributed by atoms with Crippen molar-refractivity contribution < 1.29 is 22.7 Å². The summed E-state index contributed by atoms with van der Waals surface area (Å²) < 4.78 is 39.3. The first-order chi connectivity index (χ1) is 14.9. The molecule has 1 amide bonds. The predicted octanol–water partition coefficient (Wildman–Crippen LogP) is 2.87. The second-order valence-corrected chi connectivity index (χ2v) is 10.1. The van der Waals surface area contributed by atoms with Crippen molar-refractivity contribution in [2.75, 3.05) is 31.8 Å². The number of benzene rings is 2. The lowest BCUT2D eigenvalue weighted by molar-refractivity contribution is -0.122. The van der Waals surface area contributed by atoms with E-state index in [9.17, 15) is 13.2 Å². The quantitative estimate of drug-likeness (QED) is 0.538. The van der Waals surface area contributed by atoms with Crippen molar-refractivity contribution in [1.82, 2.24) is 10.0 Å². The van der Waals surface area contributed by atoms with Gasteiger partial charge in [-0.3, -0.25) is 4.79 Å². The lowest BCUT2D eigenvalue weighted by atomic mass is 10.1. The first-order valence-corrected chi connectivity index (χ1v) is 13.1. The number of hydrogen-bond donors (Lipinski definition) is 2. The number of carbonyl (C=O) groups is 1. The Balaban J connectivity index is 1.64. The Morgan fingerprint density at radius 1 is 1.13 bits per heavy atom. The predicted molar refractivity (Wildman–Crippen MR) is 123 cm³/mol. The van der Waals surface area contributed by atoms with Gasteiger partial charge in [0.2, 0.25) is 15.9 Å². The second kappa shape index (κ2) is 11.1. The Labute approximate surface area is 191 Å². The zero-order chi connectivity index (χ0) is 22.3. The normalized spacial score (nSPS) is 14.1. The number of amides is 1. The van der Waals surface area contributed by atoms with Crippen molar-refractivity contribution in [2.24, 2.45) is 0 Å². The van der Waals surface area contributed by atoms with Gasteiger partial charge in [0, 0.05) is 17.6 Å². The summed E-state index contributed by atoms with van der Waals surface area (Å²) >= 11 is 7.43. The molecule has 168 valence electrons. The van der Waals surface area contributed by atoms with Crippen molar-refractivity contribution >= 4 is 39.3 Å². The van der Waals surface area contributed by atoms with Crippen LogP contribution in [0.1, 0.15) is 12.0 Å². The van der Waals surface area contributed by atoms with Crippen LogP contribution >= 0.6 is 23.4 Å². The fourth-order valence-electron chi connectivity index (χ4n) is 3.03. The molecule has 3 rings (SSSR count). The van der Waals surface area contributed by atoms with Crippen molar-refractivity contribution in [3.63, 3.8) is 0 Å². The van der Waals surface area contributed by atoms with Crippen molar-refractivity contribution in [2.45, 2.75) is 23.8 Å². The van der Waals surface area contributed by atoms with E-state index in [4.69, 9.17) is 21.1 Å². The number of nitrogens with one attached hydrogen (secondary N) is 2. The summed E-state index contributed by atoms with van der Waals surface area (Å²) in [6.45, 7) is 1.17. The Morgan fingerprint density at radius 3 is 2.55 bits per heavy atom. The Bertz CT molecular complexity index is 999. The number of fused-ring (bicyclic) bond motifs is 1. The van der Waals surface area contributed by atoms with Crippen LogP contribution in [0, 0.1) is 0 Å². The molecule has 1 atom stereocenters. The Kier molecular flexibility index (Phi) is 8.48. The van der Waals surface area contributed by atoms with Gasteiger partial charge in [-0.15, -0.1) is 0 Å². The fourth-order valence-corrected chi connectivity index (χ4v) is 4.87. The van der Waals surface area contributed by atoms with E-state index in [0.29, 0.717) is 54.9 Å². The van der Waals surface area contributed by atoms with Gasteiger partial charge in [0.15, 0.2) is 11.5 Å². The van der Waals surface area contributed by atoms with Gasteiger partial charge in [0.1, 0.15) is 19.3 Å². The van der Waals surface area contributed by atoms with Gasteiger partial charge >= 0.3 is 0 Å². The molecule has 0 aromatic heterocycles. The van der Waals surface area contributed by atoms with Gasteiger partial charge in [-0.2, -0.15) is 16.5 Å². The molecule has 0 unspecified atom stereocenters. The molecule has 1 heterocycles. The minimum Gasteiger partial charge on any atom is -0.486 e. The van der Waals surface area contributed by atoms with Gasteiger partial charge < -0.3 is 14.8 Å². The van der Waals surface area contributed by atoms with E-state index in [1.165, 1.54) is 12.1 Å². The van der Waals surface area contributed by atoms with Crippen LogP contribution < -0.4 is 19.5 Å². The molecule has 0 radical (unpaired) electrons. The summed E-state index contributed by atoms with van der Waals surface area (Å²) in [4.78, 5) is 12.7. The van der Waals surface area contributed by atoms with Crippen molar-refractivity contribution in [3.8, 4) is 11.5 Å². The molecule has 1 aliphatic heterocycles. The molecule has 10 heteroatoms. The average molecular weight is 485 g/mol. The third kappa shape index (κ3) is 6.77. The van der Waals surface area contributed by atoms with E-state index in [1.54, 1.807) is 30.0 Å². The van der Waals surface area contributed by atoms with Crippen LogP contribution in [0.4, 0.5) is 0 Å². The molecule has 31 heavy (non-hydrogen) atoms.